The number of benzene rings is 1. The van der Waals surface area contributed by atoms with E-state index in [1.165, 1.54) is 6.20 Å². The largest absolute Gasteiger partial charge is 0.493 e. The van der Waals surface area contributed by atoms with E-state index >= 15 is 0 Å². The lowest BCUT2D eigenvalue weighted by molar-refractivity contribution is 0.0961. The summed E-state index contributed by atoms with van der Waals surface area (Å²) in [6.07, 6.45) is 2.82. The van der Waals surface area contributed by atoms with E-state index < -0.39 is 0 Å². The Kier molecular flexibility index (Phi) is 3.70. The minimum absolute atomic E-state index is 0.0448. The van der Waals surface area contributed by atoms with Gasteiger partial charge in [0.25, 0.3) is 0 Å². The first kappa shape index (κ1) is 13.1. The van der Waals surface area contributed by atoms with Crippen LogP contribution in [-0.4, -0.2) is 17.4 Å². The van der Waals surface area contributed by atoms with E-state index in [-0.39, 0.29) is 11.7 Å². The smallest absolute Gasteiger partial charge is 0.181 e. The molecular formula is C16H14ClNO2. The van der Waals surface area contributed by atoms with Crippen LogP contribution in [-0.2, 0) is 0 Å². The topological polar surface area (TPSA) is 39.2 Å². The molecular weight excluding hydrogens is 274 g/mol. The lowest BCUT2D eigenvalue weighted by atomic mass is 9.88. The van der Waals surface area contributed by atoms with Crippen molar-refractivity contribution in [1.29, 1.82) is 0 Å². The van der Waals surface area contributed by atoms with Crippen LogP contribution < -0.4 is 4.74 Å². The maximum atomic E-state index is 12.3. The van der Waals surface area contributed by atoms with Gasteiger partial charge in [-0.3, -0.25) is 9.78 Å². The maximum Gasteiger partial charge on any atom is 0.181 e. The number of ketones is 1. The summed E-state index contributed by atoms with van der Waals surface area (Å²) in [4.78, 5) is 16.4. The SMILES string of the molecule is O=C(CC1CCOc2ccccc21)c1ccc(Cl)cn1. The van der Waals surface area contributed by atoms with Gasteiger partial charge in [0, 0.05) is 12.6 Å². The minimum Gasteiger partial charge on any atom is -0.493 e. The molecule has 2 aromatic rings. The number of halogens is 1. The van der Waals surface area contributed by atoms with Crippen LogP contribution >= 0.6 is 11.6 Å². The molecule has 0 saturated carbocycles. The highest BCUT2D eigenvalue weighted by atomic mass is 35.5. The van der Waals surface area contributed by atoms with Crippen LogP contribution in [0.5, 0.6) is 5.75 Å². The number of carbonyl (C=O) groups excluding carboxylic acids is 1. The first-order chi connectivity index (χ1) is 9.74. The first-order valence-corrected chi connectivity index (χ1v) is 6.98. The molecule has 1 aromatic heterocycles. The van der Waals surface area contributed by atoms with E-state index in [0.29, 0.717) is 23.7 Å². The standard InChI is InChI=1S/C16H14ClNO2/c17-12-5-6-14(18-10-12)15(19)9-11-7-8-20-16-4-2-1-3-13(11)16/h1-6,10-11H,7-9H2. The number of Topliss-reactive ketones (excluding diaryl/α,β-unsaturated/α-hetero) is 1. The van der Waals surface area contributed by atoms with E-state index in [9.17, 15) is 4.79 Å². The molecule has 1 aliphatic rings. The van der Waals surface area contributed by atoms with Crippen LogP contribution in [0.2, 0.25) is 5.02 Å². The summed E-state index contributed by atoms with van der Waals surface area (Å²) in [5, 5.41) is 0.540. The van der Waals surface area contributed by atoms with Crippen molar-refractivity contribution in [2.75, 3.05) is 6.61 Å². The molecule has 0 bridgehead atoms. The third-order valence-electron chi connectivity index (χ3n) is 3.53. The summed E-state index contributed by atoms with van der Waals surface area (Å²) in [5.74, 6) is 1.13. The molecule has 2 heterocycles. The molecule has 1 aliphatic heterocycles. The molecule has 4 heteroatoms. The Labute approximate surface area is 122 Å². The molecule has 1 unspecified atom stereocenters. The summed E-state index contributed by atoms with van der Waals surface area (Å²) >= 11 is 5.78. The average molecular weight is 288 g/mol. The molecule has 20 heavy (non-hydrogen) atoms. The fourth-order valence-corrected chi connectivity index (χ4v) is 2.61. The van der Waals surface area contributed by atoms with Gasteiger partial charge in [-0.1, -0.05) is 29.8 Å². The number of nitrogens with zero attached hydrogens (tertiary/aromatic N) is 1. The molecule has 0 amide bonds. The van der Waals surface area contributed by atoms with Gasteiger partial charge < -0.3 is 4.74 Å². The van der Waals surface area contributed by atoms with Crippen molar-refractivity contribution in [2.45, 2.75) is 18.8 Å². The zero-order valence-electron chi connectivity index (χ0n) is 10.9. The second-order valence-electron chi connectivity index (χ2n) is 4.86. The fraction of sp³-hybridized carbons (Fsp3) is 0.250. The molecule has 1 aromatic carbocycles. The number of hydrogen-bond donors (Lipinski definition) is 0. The molecule has 0 aliphatic carbocycles. The molecule has 1 atom stereocenters. The van der Waals surface area contributed by atoms with Gasteiger partial charge in [0.2, 0.25) is 0 Å². The molecule has 102 valence electrons. The third kappa shape index (κ3) is 2.68. The van der Waals surface area contributed by atoms with Crippen molar-refractivity contribution in [3.63, 3.8) is 0 Å². The predicted molar refractivity (Wildman–Crippen MR) is 77.5 cm³/mol. The van der Waals surface area contributed by atoms with E-state index in [0.717, 1.165) is 17.7 Å². The highest BCUT2D eigenvalue weighted by molar-refractivity contribution is 6.30. The van der Waals surface area contributed by atoms with Crippen molar-refractivity contribution in [1.82, 2.24) is 4.98 Å². The van der Waals surface area contributed by atoms with Gasteiger partial charge in [-0.05, 0) is 36.1 Å². The van der Waals surface area contributed by atoms with Crippen molar-refractivity contribution >= 4 is 17.4 Å². The van der Waals surface area contributed by atoms with Gasteiger partial charge in [-0.25, -0.2) is 0 Å². The average Bonchev–Trinajstić information content (AvgIpc) is 2.48. The van der Waals surface area contributed by atoms with Crippen LogP contribution in [0.15, 0.2) is 42.6 Å². The number of pyridine rings is 1. The van der Waals surface area contributed by atoms with Crippen molar-refractivity contribution in [3.05, 3.63) is 58.9 Å². The molecule has 0 saturated heterocycles. The highest BCUT2D eigenvalue weighted by Gasteiger charge is 2.24. The van der Waals surface area contributed by atoms with Gasteiger partial charge in [-0.15, -0.1) is 0 Å². The number of aromatic nitrogens is 1. The Hall–Kier alpha value is -1.87. The highest BCUT2D eigenvalue weighted by Crippen LogP contribution is 2.35. The summed E-state index contributed by atoms with van der Waals surface area (Å²) < 4.78 is 5.61. The van der Waals surface area contributed by atoms with E-state index in [2.05, 4.69) is 4.98 Å². The second-order valence-corrected chi connectivity index (χ2v) is 5.30. The number of ether oxygens (including phenoxy) is 1. The van der Waals surface area contributed by atoms with Crippen LogP contribution in [0.4, 0.5) is 0 Å². The van der Waals surface area contributed by atoms with E-state index in [1.54, 1.807) is 12.1 Å². The Bertz CT molecular complexity index is 625. The lowest BCUT2D eigenvalue weighted by Gasteiger charge is -2.25. The van der Waals surface area contributed by atoms with Crippen molar-refractivity contribution in [2.24, 2.45) is 0 Å². The van der Waals surface area contributed by atoms with E-state index in [1.807, 2.05) is 24.3 Å². The Balaban J connectivity index is 1.79. The maximum absolute atomic E-state index is 12.3. The van der Waals surface area contributed by atoms with Gasteiger partial charge in [-0.2, -0.15) is 0 Å². The van der Waals surface area contributed by atoms with Crippen LogP contribution in [0.25, 0.3) is 0 Å². The van der Waals surface area contributed by atoms with Crippen LogP contribution in [0.1, 0.15) is 34.8 Å². The fourth-order valence-electron chi connectivity index (χ4n) is 2.50. The number of rotatable bonds is 3. The van der Waals surface area contributed by atoms with Gasteiger partial charge in [0.05, 0.1) is 11.6 Å². The van der Waals surface area contributed by atoms with Gasteiger partial charge in [0.1, 0.15) is 11.4 Å². The lowest BCUT2D eigenvalue weighted by Crippen LogP contribution is -2.17. The number of para-hydroxylation sites is 1. The summed E-state index contributed by atoms with van der Waals surface area (Å²) in [6, 6.07) is 11.3. The Morgan fingerprint density at radius 2 is 2.15 bits per heavy atom. The first-order valence-electron chi connectivity index (χ1n) is 6.60. The van der Waals surface area contributed by atoms with Crippen LogP contribution in [0, 0.1) is 0 Å². The van der Waals surface area contributed by atoms with Gasteiger partial charge in [0.15, 0.2) is 5.78 Å². The number of fused-ring (bicyclic) bond motifs is 1. The quantitative estimate of drug-likeness (QED) is 0.804. The molecule has 3 rings (SSSR count). The minimum atomic E-state index is 0.0448. The Morgan fingerprint density at radius 3 is 2.95 bits per heavy atom. The summed E-state index contributed by atoms with van der Waals surface area (Å²) in [6.45, 7) is 0.656. The molecule has 0 N–H and O–H groups in total. The molecule has 0 radical (unpaired) electrons. The van der Waals surface area contributed by atoms with Crippen molar-refractivity contribution in [3.8, 4) is 5.75 Å². The summed E-state index contributed by atoms with van der Waals surface area (Å²) in [5.41, 5.74) is 1.58. The summed E-state index contributed by atoms with van der Waals surface area (Å²) in [7, 11) is 0. The van der Waals surface area contributed by atoms with Gasteiger partial charge >= 0.3 is 0 Å². The normalized spacial score (nSPS) is 17.1. The third-order valence-corrected chi connectivity index (χ3v) is 3.75. The zero-order chi connectivity index (χ0) is 13.9. The zero-order valence-corrected chi connectivity index (χ0v) is 11.6. The number of hydrogen-bond acceptors (Lipinski definition) is 3. The Morgan fingerprint density at radius 1 is 1.30 bits per heavy atom. The number of carbonyl (C=O) groups is 1. The monoisotopic (exact) mass is 287 g/mol. The van der Waals surface area contributed by atoms with Crippen LogP contribution in [0.3, 0.4) is 0 Å². The molecule has 0 fully saturated rings. The molecule has 0 spiro atoms. The van der Waals surface area contributed by atoms with E-state index in [4.69, 9.17) is 16.3 Å². The van der Waals surface area contributed by atoms with Crippen molar-refractivity contribution < 1.29 is 9.53 Å². The molecule has 3 nitrogen and oxygen atoms in total. The second kappa shape index (κ2) is 5.63. The predicted octanol–water partition coefficient (Wildman–Crippen LogP) is 3.87.